The van der Waals surface area contributed by atoms with Gasteiger partial charge in [-0.15, -0.1) is 0 Å². The van der Waals surface area contributed by atoms with Crippen molar-refractivity contribution in [2.45, 2.75) is 26.3 Å². The number of anilines is 1. The van der Waals surface area contributed by atoms with Crippen LogP contribution in [0.5, 0.6) is 0 Å². The second-order valence-corrected chi connectivity index (χ2v) is 5.76. The van der Waals surface area contributed by atoms with E-state index in [-0.39, 0.29) is 11.9 Å². The summed E-state index contributed by atoms with van der Waals surface area (Å²) < 4.78 is 1.63. The molecule has 0 bridgehead atoms. The van der Waals surface area contributed by atoms with E-state index < -0.39 is 0 Å². The van der Waals surface area contributed by atoms with Crippen LogP contribution in [0.2, 0.25) is 0 Å². The molecule has 1 amide bonds. The van der Waals surface area contributed by atoms with Gasteiger partial charge in [0.1, 0.15) is 12.1 Å². The van der Waals surface area contributed by atoms with Gasteiger partial charge in [0.25, 0.3) is 5.78 Å². The lowest BCUT2D eigenvalue weighted by Crippen LogP contribution is -2.31. The quantitative estimate of drug-likeness (QED) is 0.725. The van der Waals surface area contributed by atoms with Crippen molar-refractivity contribution < 1.29 is 4.79 Å². The minimum Gasteiger partial charge on any atom is -0.369 e. The molecule has 2 heterocycles. The van der Waals surface area contributed by atoms with Crippen molar-refractivity contribution in [3.8, 4) is 11.3 Å². The van der Waals surface area contributed by atoms with Gasteiger partial charge in [0.2, 0.25) is 5.91 Å². The molecule has 0 fully saturated rings. The highest BCUT2D eigenvalue weighted by Gasteiger charge is 2.10. The van der Waals surface area contributed by atoms with Crippen molar-refractivity contribution in [1.29, 1.82) is 0 Å². The molecule has 0 aliphatic rings. The average Bonchev–Trinajstić information content (AvgIpc) is 3.03. The molecule has 7 nitrogen and oxygen atoms in total. The predicted octanol–water partition coefficient (Wildman–Crippen LogP) is 2.12. The van der Waals surface area contributed by atoms with Gasteiger partial charge in [-0.05, 0) is 13.8 Å². The summed E-state index contributed by atoms with van der Waals surface area (Å²) >= 11 is 0. The van der Waals surface area contributed by atoms with E-state index in [1.807, 2.05) is 50.2 Å². The molecule has 0 atom stereocenters. The van der Waals surface area contributed by atoms with E-state index in [4.69, 9.17) is 0 Å². The maximum Gasteiger partial charge on any atom is 0.254 e. The molecule has 0 aliphatic carbocycles. The Balaban J connectivity index is 1.79. The largest absolute Gasteiger partial charge is 0.369 e. The average molecular weight is 324 g/mol. The molecule has 3 rings (SSSR count). The van der Waals surface area contributed by atoms with Crippen LogP contribution in [0.1, 0.15) is 20.3 Å². The van der Waals surface area contributed by atoms with Crippen molar-refractivity contribution in [1.82, 2.24) is 24.9 Å². The number of hydrogen-bond donors (Lipinski definition) is 2. The van der Waals surface area contributed by atoms with Crippen LogP contribution >= 0.6 is 0 Å². The minimum atomic E-state index is 0.0182. The van der Waals surface area contributed by atoms with Crippen LogP contribution in [0.3, 0.4) is 0 Å². The third-order valence-corrected chi connectivity index (χ3v) is 3.43. The fourth-order valence-electron chi connectivity index (χ4n) is 2.39. The van der Waals surface area contributed by atoms with Gasteiger partial charge >= 0.3 is 0 Å². The zero-order valence-electron chi connectivity index (χ0n) is 13.7. The van der Waals surface area contributed by atoms with E-state index >= 15 is 0 Å². The van der Waals surface area contributed by atoms with Gasteiger partial charge in [-0.1, -0.05) is 30.3 Å². The summed E-state index contributed by atoms with van der Waals surface area (Å²) in [5, 5.41) is 10.3. The second kappa shape index (κ2) is 7.08. The van der Waals surface area contributed by atoms with Crippen LogP contribution in [0, 0.1) is 0 Å². The number of hydrogen-bond acceptors (Lipinski definition) is 5. The smallest absolute Gasteiger partial charge is 0.254 e. The summed E-state index contributed by atoms with van der Waals surface area (Å²) in [6, 6.07) is 11.9. The molecule has 3 aromatic rings. The molecule has 1 aromatic carbocycles. The molecular formula is C17H20N6O. The van der Waals surface area contributed by atoms with E-state index in [0.717, 1.165) is 17.1 Å². The first-order chi connectivity index (χ1) is 11.6. The molecular weight excluding hydrogens is 304 g/mol. The number of fused-ring (bicyclic) bond motifs is 1. The van der Waals surface area contributed by atoms with Gasteiger partial charge in [-0.25, -0.2) is 4.98 Å². The van der Waals surface area contributed by atoms with Crippen molar-refractivity contribution in [3.63, 3.8) is 0 Å². The van der Waals surface area contributed by atoms with Gasteiger partial charge < -0.3 is 10.6 Å². The molecule has 0 radical (unpaired) electrons. The highest BCUT2D eigenvalue weighted by atomic mass is 16.1. The summed E-state index contributed by atoms with van der Waals surface area (Å²) in [7, 11) is 0. The van der Waals surface area contributed by atoms with Crippen LogP contribution in [0.25, 0.3) is 17.0 Å². The van der Waals surface area contributed by atoms with Crippen LogP contribution in [0.4, 0.5) is 5.82 Å². The van der Waals surface area contributed by atoms with Crippen molar-refractivity contribution in [2.75, 3.05) is 11.9 Å². The normalized spacial score (nSPS) is 11.0. The molecule has 2 aromatic heterocycles. The maximum atomic E-state index is 11.7. The Bertz CT molecular complexity index is 827. The third kappa shape index (κ3) is 3.68. The Morgan fingerprint density at radius 1 is 1.25 bits per heavy atom. The van der Waals surface area contributed by atoms with Crippen molar-refractivity contribution in [2.24, 2.45) is 0 Å². The Kier molecular flexibility index (Phi) is 4.69. The maximum absolute atomic E-state index is 11.7. The number of benzene rings is 1. The first kappa shape index (κ1) is 15.9. The lowest BCUT2D eigenvalue weighted by atomic mass is 10.1. The van der Waals surface area contributed by atoms with Crippen molar-refractivity contribution in [3.05, 3.63) is 42.7 Å². The Morgan fingerprint density at radius 2 is 2.04 bits per heavy atom. The van der Waals surface area contributed by atoms with Crippen molar-refractivity contribution >= 4 is 17.5 Å². The summed E-state index contributed by atoms with van der Waals surface area (Å²) in [5.74, 6) is 1.30. The zero-order chi connectivity index (χ0) is 16.9. The molecule has 0 saturated carbocycles. The number of carbonyl (C=O) groups excluding carboxylic acids is 1. The van der Waals surface area contributed by atoms with Crippen LogP contribution in [-0.2, 0) is 4.79 Å². The van der Waals surface area contributed by atoms with Gasteiger partial charge in [-0.2, -0.15) is 14.6 Å². The predicted molar refractivity (Wildman–Crippen MR) is 92.6 cm³/mol. The summed E-state index contributed by atoms with van der Waals surface area (Å²) in [4.78, 5) is 20.4. The highest BCUT2D eigenvalue weighted by molar-refractivity contribution is 5.76. The lowest BCUT2D eigenvalue weighted by Gasteiger charge is -2.11. The fourth-order valence-corrected chi connectivity index (χ4v) is 2.39. The second-order valence-electron chi connectivity index (χ2n) is 5.76. The molecule has 0 unspecified atom stereocenters. The Hall–Kier alpha value is -2.96. The Labute approximate surface area is 140 Å². The summed E-state index contributed by atoms with van der Waals surface area (Å²) in [6.07, 6.45) is 1.85. The van der Waals surface area contributed by atoms with Gasteiger partial charge in [0.15, 0.2) is 0 Å². The number of amides is 1. The number of nitrogens with zero attached hydrogens (tertiary/aromatic N) is 4. The molecule has 7 heteroatoms. The molecule has 124 valence electrons. The third-order valence-electron chi connectivity index (χ3n) is 3.43. The first-order valence-corrected chi connectivity index (χ1v) is 7.93. The zero-order valence-corrected chi connectivity index (χ0v) is 13.7. The van der Waals surface area contributed by atoms with E-state index in [9.17, 15) is 4.79 Å². The summed E-state index contributed by atoms with van der Waals surface area (Å²) in [6.45, 7) is 4.39. The first-order valence-electron chi connectivity index (χ1n) is 7.93. The van der Waals surface area contributed by atoms with Crippen LogP contribution in [-0.4, -0.2) is 38.1 Å². The molecule has 0 saturated heterocycles. The molecule has 0 aliphatic heterocycles. The van der Waals surface area contributed by atoms with Gasteiger partial charge in [-0.3, -0.25) is 4.79 Å². The topological polar surface area (TPSA) is 84.2 Å². The fraction of sp³-hybridized carbons (Fsp3) is 0.294. The van der Waals surface area contributed by atoms with Gasteiger partial charge in [0.05, 0.1) is 5.69 Å². The monoisotopic (exact) mass is 324 g/mol. The molecule has 0 spiro atoms. The Morgan fingerprint density at radius 3 is 2.79 bits per heavy atom. The number of aromatic nitrogens is 4. The van der Waals surface area contributed by atoms with E-state index in [1.54, 1.807) is 4.52 Å². The standard InChI is InChI=1S/C17H20N6O/c1-12(2)21-16(24)8-9-18-15-10-14(13-6-4-3-5-7-13)22-17-19-11-20-23(15)17/h3-7,10-12,18H,8-9H2,1-2H3,(H,21,24). The molecule has 2 N–H and O–H groups in total. The number of nitrogens with one attached hydrogen (secondary N) is 2. The minimum absolute atomic E-state index is 0.0182. The molecule has 24 heavy (non-hydrogen) atoms. The highest BCUT2D eigenvalue weighted by Crippen LogP contribution is 2.21. The van der Waals surface area contributed by atoms with Crippen LogP contribution in [0.15, 0.2) is 42.7 Å². The number of carbonyl (C=O) groups is 1. The van der Waals surface area contributed by atoms with E-state index in [0.29, 0.717) is 18.7 Å². The van der Waals surface area contributed by atoms with Gasteiger partial charge in [0, 0.05) is 30.6 Å². The SMILES string of the molecule is CC(C)NC(=O)CCNc1cc(-c2ccccc2)nc2ncnn12. The lowest BCUT2D eigenvalue weighted by molar-refractivity contribution is -0.121. The van der Waals surface area contributed by atoms with Crippen LogP contribution < -0.4 is 10.6 Å². The van der Waals surface area contributed by atoms with E-state index in [1.165, 1.54) is 6.33 Å². The summed E-state index contributed by atoms with van der Waals surface area (Å²) in [5.41, 5.74) is 1.81. The number of rotatable bonds is 6. The van der Waals surface area contributed by atoms with E-state index in [2.05, 4.69) is 25.7 Å².